The minimum absolute atomic E-state index is 0.152. The van der Waals surface area contributed by atoms with Gasteiger partial charge >= 0.3 is 24.7 Å². The van der Waals surface area contributed by atoms with Crippen LogP contribution in [0.5, 0.6) is 0 Å². The van der Waals surface area contributed by atoms with E-state index in [1.54, 1.807) is 67.5 Å². The van der Waals surface area contributed by atoms with Crippen molar-refractivity contribution in [1.29, 1.82) is 0 Å². The third-order valence-electron chi connectivity index (χ3n) is 11.4. The minimum Gasteiger partial charge on any atom is -0.381 e. The number of hydrogen-bond donors (Lipinski definition) is 0. The second kappa shape index (κ2) is 32.7. The van der Waals surface area contributed by atoms with E-state index in [4.69, 9.17) is 14.2 Å². The van der Waals surface area contributed by atoms with Crippen molar-refractivity contribution >= 4 is 6.71 Å². The van der Waals surface area contributed by atoms with Crippen LogP contribution in [0.3, 0.4) is 0 Å². The Morgan fingerprint density at radius 3 is 0.802 bits per heavy atom. The molecule has 0 radical (unpaired) electrons. The summed E-state index contributed by atoms with van der Waals surface area (Å²) in [6.07, 6.45) is -10.9. The van der Waals surface area contributed by atoms with Crippen LogP contribution in [-0.4, -0.2) is 46.4 Å². The van der Waals surface area contributed by atoms with E-state index in [0.717, 1.165) is 75.7 Å². The number of hydrogen-bond acceptors (Lipinski definition) is 3. The number of aryl methyl sites for hydroxylation is 2. The van der Waals surface area contributed by atoms with Gasteiger partial charge in [0.1, 0.15) is 41.1 Å². The van der Waals surface area contributed by atoms with E-state index in [-0.39, 0.29) is 22.0 Å². The van der Waals surface area contributed by atoms with E-state index in [2.05, 4.69) is 20.5 Å². The zero-order valence-corrected chi connectivity index (χ0v) is 50.1. The van der Waals surface area contributed by atoms with Gasteiger partial charge in [-0.15, -0.1) is 0 Å². The Hall–Kier alpha value is -4.30. The fraction of sp³-hybridized carbons (Fsp3) is 0.607. The maximum absolute atomic E-state index is 13.6. The Labute approximate surface area is 471 Å². The van der Waals surface area contributed by atoms with Gasteiger partial charge in [-0.05, 0) is 139 Å². The van der Waals surface area contributed by atoms with Crippen LogP contribution in [0.2, 0.25) is 20.5 Å². The molecular weight excluding hydrogens is 1100 g/mol. The fourth-order valence-corrected chi connectivity index (χ4v) is 6.96. The highest BCUT2D eigenvalue weighted by atomic mass is 19.4. The predicted molar refractivity (Wildman–Crippen MR) is 293 cm³/mol. The second-order valence-electron chi connectivity index (χ2n) is 24.5. The van der Waals surface area contributed by atoms with Crippen molar-refractivity contribution in [3.05, 3.63) is 140 Å². The number of rotatable bonds is 0. The SMILES string of the molecule is C1CCOC1.C1CCOC1.C1CCOC1.CB(C)C.CC(C)(C)c1cc(F)c(C(F)(F)F)c(F)c1.CC(C)(C)c1ccc(F)c(C(F)(F)F)c1F.Cc1cc(C(C)(C)C)cc(C(F)(F)F)c1.Cc1cc(C(C)(C)C)cc(C(F)(F)F)c1. The molecule has 4 aromatic rings. The van der Waals surface area contributed by atoms with Crippen LogP contribution in [0.1, 0.15) is 177 Å². The summed E-state index contributed by atoms with van der Waals surface area (Å²) in [5.41, 5.74) is -3.94. The molecule has 0 bridgehead atoms. The van der Waals surface area contributed by atoms with Crippen molar-refractivity contribution in [3.8, 4) is 0 Å². The summed E-state index contributed by atoms with van der Waals surface area (Å²) < 4.78 is 217. The van der Waals surface area contributed by atoms with Crippen LogP contribution < -0.4 is 0 Å². The average Bonchev–Trinajstić information content (AvgIpc) is 4.13. The maximum atomic E-state index is 13.6. The zero-order chi connectivity index (χ0) is 63.3. The van der Waals surface area contributed by atoms with Crippen molar-refractivity contribution in [1.82, 2.24) is 0 Å². The van der Waals surface area contributed by atoms with Crippen molar-refractivity contribution in [2.24, 2.45) is 0 Å². The van der Waals surface area contributed by atoms with Crippen molar-refractivity contribution < 1.29 is 84.5 Å². The molecule has 0 amide bonds. The highest BCUT2D eigenvalue weighted by Crippen LogP contribution is 2.39. The molecule has 3 saturated heterocycles. The summed E-state index contributed by atoms with van der Waals surface area (Å²) in [4.78, 5) is 0. The molecule has 462 valence electrons. The first kappa shape index (κ1) is 76.7. The summed E-state index contributed by atoms with van der Waals surface area (Å²) in [7, 11) is 0. The van der Waals surface area contributed by atoms with E-state index in [1.807, 2.05) is 41.5 Å². The quantitative estimate of drug-likeness (QED) is 0.130. The molecule has 3 fully saturated rings. The van der Waals surface area contributed by atoms with Crippen LogP contribution in [0.15, 0.2) is 60.7 Å². The van der Waals surface area contributed by atoms with Gasteiger partial charge < -0.3 is 14.2 Å². The summed E-state index contributed by atoms with van der Waals surface area (Å²) in [5.74, 6) is -6.26. The molecule has 3 nitrogen and oxygen atoms in total. The molecule has 0 aromatic heterocycles. The molecule has 0 saturated carbocycles. The van der Waals surface area contributed by atoms with Crippen LogP contribution in [-0.2, 0) is 60.6 Å². The molecule has 3 heterocycles. The zero-order valence-electron chi connectivity index (χ0n) is 50.1. The lowest BCUT2D eigenvalue weighted by Gasteiger charge is -2.22. The summed E-state index contributed by atoms with van der Waals surface area (Å²) in [5, 5.41) is 0. The van der Waals surface area contributed by atoms with Crippen LogP contribution in [0.4, 0.5) is 70.2 Å². The smallest absolute Gasteiger partial charge is 0.381 e. The molecule has 20 heteroatoms. The van der Waals surface area contributed by atoms with E-state index in [1.165, 1.54) is 62.8 Å². The highest BCUT2D eigenvalue weighted by Gasteiger charge is 2.41. The number of alkyl halides is 12. The lowest BCUT2D eigenvalue weighted by atomic mass is 9.58. The standard InChI is InChI=1S/2C12H15F3.2C11H11F5.3C4H8O.C3H9B/c2*1-8-5-9(11(2,3)4)7-10(6-8)12(13,14)15;1-10(2,3)6-4-7(12)9(8(13)5-6)11(14,15)16;1-10(2,3)6-4-5-7(12)8(9(6)13)11(14,15)16;3*1-2-4-5-3-1;1-4(2)3/h2*5-7H,1-4H3;2*4-5H,1-3H3;3*1-4H2;1-3H3. The first-order valence-corrected chi connectivity index (χ1v) is 26.8. The van der Waals surface area contributed by atoms with E-state index in [0.29, 0.717) is 17.2 Å². The third-order valence-corrected chi connectivity index (χ3v) is 11.4. The third kappa shape index (κ3) is 30.7. The minimum atomic E-state index is -5.02. The van der Waals surface area contributed by atoms with Gasteiger partial charge in [-0.3, -0.25) is 0 Å². The van der Waals surface area contributed by atoms with Crippen LogP contribution in [0, 0.1) is 37.1 Å². The van der Waals surface area contributed by atoms with E-state index in [9.17, 15) is 70.2 Å². The van der Waals surface area contributed by atoms with E-state index < -0.39 is 81.1 Å². The monoisotopic (exact) mass is 1180 g/mol. The predicted octanol–water partition coefficient (Wildman–Crippen LogP) is 20.9. The number of benzene rings is 4. The Kier molecular flexibility index (Phi) is 30.9. The maximum Gasteiger partial charge on any atom is 0.422 e. The molecular formula is C61H85BF16O3. The van der Waals surface area contributed by atoms with Gasteiger partial charge in [-0.1, -0.05) is 133 Å². The Balaban J connectivity index is 0.000000947. The Morgan fingerprint density at radius 1 is 0.333 bits per heavy atom. The molecule has 4 aromatic carbocycles. The molecule has 0 unspecified atom stereocenters. The van der Waals surface area contributed by atoms with Gasteiger partial charge in [0.2, 0.25) is 0 Å². The summed E-state index contributed by atoms with van der Waals surface area (Å²) in [6.45, 7) is 37.8. The molecule has 3 aliphatic heterocycles. The Bertz CT molecular complexity index is 2240. The van der Waals surface area contributed by atoms with Gasteiger partial charge in [0.05, 0.1) is 11.1 Å². The fourth-order valence-electron chi connectivity index (χ4n) is 6.96. The molecule has 7 rings (SSSR count). The Morgan fingerprint density at radius 2 is 0.593 bits per heavy atom. The average molecular weight is 1180 g/mol. The second-order valence-corrected chi connectivity index (χ2v) is 24.5. The lowest BCUT2D eigenvalue weighted by molar-refractivity contribution is -0.143. The lowest BCUT2D eigenvalue weighted by Crippen LogP contribution is -2.19. The first-order valence-electron chi connectivity index (χ1n) is 26.8. The van der Waals surface area contributed by atoms with Crippen molar-refractivity contribution in [3.63, 3.8) is 0 Å². The topological polar surface area (TPSA) is 27.7 Å². The highest BCUT2D eigenvalue weighted by molar-refractivity contribution is 6.54. The molecule has 0 N–H and O–H groups in total. The van der Waals surface area contributed by atoms with Gasteiger partial charge in [0, 0.05) is 39.6 Å². The molecule has 81 heavy (non-hydrogen) atoms. The van der Waals surface area contributed by atoms with Crippen molar-refractivity contribution in [2.75, 3.05) is 39.6 Å². The van der Waals surface area contributed by atoms with Gasteiger partial charge in [-0.25, -0.2) is 17.6 Å². The largest absolute Gasteiger partial charge is 0.422 e. The normalized spacial score (nSPS) is 14.7. The molecule has 0 atom stereocenters. The molecule has 0 aliphatic carbocycles. The summed E-state index contributed by atoms with van der Waals surface area (Å²) in [6, 6.07) is 11.6. The molecule has 0 spiro atoms. The first-order chi connectivity index (χ1) is 36.5. The van der Waals surface area contributed by atoms with Gasteiger partial charge in [0.15, 0.2) is 0 Å². The van der Waals surface area contributed by atoms with E-state index >= 15 is 0 Å². The van der Waals surface area contributed by atoms with Gasteiger partial charge in [-0.2, -0.15) is 52.7 Å². The molecule has 3 aliphatic rings. The summed E-state index contributed by atoms with van der Waals surface area (Å²) >= 11 is 0. The number of halogens is 16. The number of ether oxygens (including phenoxy) is 3. The van der Waals surface area contributed by atoms with Gasteiger partial charge in [0.25, 0.3) is 0 Å². The van der Waals surface area contributed by atoms with Crippen LogP contribution in [0.25, 0.3) is 0 Å². The van der Waals surface area contributed by atoms with Crippen molar-refractivity contribution in [2.45, 2.75) is 202 Å². The van der Waals surface area contributed by atoms with Crippen LogP contribution >= 0.6 is 0 Å².